The van der Waals surface area contributed by atoms with E-state index in [-0.39, 0.29) is 24.2 Å². The predicted molar refractivity (Wildman–Crippen MR) is 125 cm³/mol. The smallest absolute Gasteiger partial charge is 0.416 e. The molecule has 188 valence electrons. The molecule has 2 heterocycles. The maximum absolute atomic E-state index is 13.3. The van der Waals surface area contributed by atoms with E-state index in [1.807, 2.05) is 29.0 Å². The fourth-order valence-electron chi connectivity index (χ4n) is 5.19. The molecule has 2 aromatic rings. The van der Waals surface area contributed by atoms with E-state index in [0.717, 1.165) is 50.0 Å². The molecule has 1 atom stereocenters. The van der Waals surface area contributed by atoms with Gasteiger partial charge in [-0.3, -0.25) is 19.5 Å². The number of carbonyl (C=O) groups is 2. The van der Waals surface area contributed by atoms with Gasteiger partial charge in [0.2, 0.25) is 5.91 Å². The van der Waals surface area contributed by atoms with Crippen molar-refractivity contribution in [2.45, 2.75) is 62.8 Å². The average Bonchev–Trinajstić information content (AvgIpc) is 3.54. The van der Waals surface area contributed by atoms with E-state index in [4.69, 9.17) is 9.41 Å². The summed E-state index contributed by atoms with van der Waals surface area (Å²) in [6, 6.07) is 8.07. The lowest BCUT2D eigenvalue weighted by Gasteiger charge is -2.42. The van der Waals surface area contributed by atoms with Crippen molar-refractivity contribution in [3.63, 3.8) is 0 Å². The fraction of sp³-hybridized carbons (Fsp3) is 0.500. The maximum atomic E-state index is 13.3. The first-order chi connectivity index (χ1) is 16.7. The number of halogens is 3. The molecule has 1 aromatic heterocycles. The second-order valence-corrected chi connectivity index (χ2v) is 9.35. The number of amides is 1. The van der Waals surface area contributed by atoms with Crippen LogP contribution in [0.3, 0.4) is 0 Å². The number of alkyl halides is 3. The van der Waals surface area contributed by atoms with Crippen LogP contribution in [-0.4, -0.2) is 53.5 Å². The molecule has 2 aliphatic rings. The number of nitrogens with zero attached hydrogens (tertiary/aromatic N) is 3. The first kappa shape index (κ1) is 25.2. The Labute approximate surface area is 202 Å². The fourth-order valence-corrected chi connectivity index (χ4v) is 5.19. The van der Waals surface area contributed by atoms with Gasteiger partial charge in [-0.15, -0.1) is 0 Å². The lowest BCUT2D eigenvalue weighted by atomic mass is 9.87. The van der Waals surface area contributed by atoms with Gasteiger partial charge >= 0.3 is 6.18 Å². The quantitative estimate of drug-likeness (QED) is 0.394. The summed E-state index contributed by atoms with van der Waals surface area (Å²) in [5.74, 6) is 0.739. The molecule has 1 aliphatic heterocycles. The summed E-state index contributed by atoms with van der Waals surface area (Å²) in [5, 5.41) is 0. The number of likely N-dealkylation sites (N-methyl/N-ethyl adjacent to an activating group) is 1. The lowest BCUT2D eigenvalue weighted by molar-refractivity contribution is -0.137. The second kappa shape index (κ2) is 10.4. The van der Waals surface area contributed by atoms with Crippen LogP contribution in [-0.2, 0) is 15.8 Å². The topological polar surface area (TPSA) is 66.1 Å². The van der Waals surface area contributed by atoms with Crippen molar-refractivity contribution in [2.24, 2.45) is 4.99 Å². The Morgan fingerprint density at radius 1 is 1.17 bits per heavy atom. The van der Waals surface area contributed by atoms with Crippen molar-refractivity contribution in [1.29, 1.82) is 0 Å². The average molecular weight is 490 g/mol. The first-order valence-electron chi connectivity index (χ1n) is 12.0. The third-order valence-corrected chi connectivity index (χ3v) is 7.13. The zero-order chi connectivity index (χ0) is 25.1. The zero-order valence-corrected chi connectivity index (χ0v) is 19.8. The highest BCUT2D eigenvalue weighted by Crippen LogP contribution is 2.37. The molecular formula is C26H30F3N3O3. The maximum Gasteiger partial charge on any atom is 0.416 e. The zero-order valence-electron chi connectivity index (χ0n) is 19.8. The van der Waals surface area contributed by atoms with Crippen molar-refractivity contribution in [1.82, 2.24) is 9.80 Å². The van der Waals surface area contributed by atoms with E-state index >= 15 is 0 Å². The highest BCUT2D eigenvalue weighted by atomic mass is 19.4. The van der Waals surface area contributed by atoms with Crippen LogP contribution >= 0.6 is 0 Å². The molecule has 0 N–H and O–H groups in total. The van der Waals surface area contributed by atoms with Gasteiger partial charge in [0.15, 0.2) is 6.29 Å². The summed E-state index contributed by atoms with van der Waals surface area (Å²) in [7, 11) is 1.83. The van der Waals surface area contributed by atoms with Crippen LogP contribution in [0.5, 0.6) is 0 Å². The molecule has 1 aromatic carbocycles. The number of rotatable bonds is 7. The Hall–Kier alpha value is -2.94. The molecule has 0 spiro atoms. The first-order valence-corrected chi connectivity index (χ1v) is 12.0. The van der Waals surface area contributed by atoms with Crippen LogP contribution in [0.25, 0.3) is 0 Å². The summed E-state index contributed by atoms with van der Waals surface area (Å²) in [6.07, 6.45) is 3.61. The molecule has 0 bridgehead atoms. The largest absolute Gasteiger partial charge is 0.467 e. The highest BCUT2D eigenvalue weighted by Gasteiger charge is 2.39. The Morgan fingerprint density at radius 2 is 1.89 bits per heavy atom. The van der Waals surface area contributed by atoms with Gasteiger partial charge in [-0.25, -0.2) is 0 Å². The van der Waals surface area contributed by atoms with Gasteiger partial charge < -0.3 is 9.32 Å². The normalized spacial score (nSPS) is 20.9. The standard InChI is InChI=1S/C26H30F3N3O3/c1-31(17-24(34)32-15-5-7-22(32)23-8-6-16-35-23)25(13-3-2-4-14-25)30-21(18-33)19-9-11-20(12-10-19)26(27,28)29/h6,8-12,16,18,22H,2-5,7,13-15,17H2,1H3/b30-21+. The summed E-state index contributed by atoms with van der Waals surface area (Å²) < 4.78 is 44.4. The number of furan rings is 1. The Kier molecular flexibility index (Phi) is 7.44. The molecule has 6 nitrogen and oxygen atoms in total. The van der Waals surface area contributed by atoms with Crippen molar-refractivity contribution >= 4 is 17.9 Å². The van der Waals surface area contributed by atoms with Crippen LogP contribution in [0.2, 0.25) is 0 Å². The number of benzene rings is 1. The predicted octanol–water partition coefficient (Wildman–Crippen LogP) is 5.24. The van der Waals surface area contributed by atoms with Gasteiger partial charge in [-0.1, -0.05) is 18.6 Å². The molecule has 1 unspecified atom stereocenters. The number of carbonyl (C=O) groups excluding carboxylic acids is 2. The van der Waals surface area contributed by atoms with Gasteiger partial charge in [0.25, 0.3) is 0 Å². The summed E-state index contributed by atoms with van der Waals surface area (Å²) in [6.45, 7) is 0.777. The van der Waals surface area contributed by atoms with Crippen LogP contribution in [0.1, 0.15) is 67.9 Å². The van der Waals surface area contributed by atoms with Gasteiger partial charge in [0, 0.05) is 12.1 Å². The molecular weight excluding hydrogens is 459 g/mol. The van der Waals surface area contributed by atoms with E-state index in [0.29, 0.717) is 31.2 Å². The third kappa shape index (κ3) is 5.50. The highest BCUT2D eigenvalue weighted by molar-refractivity contribution is 6.36. The summed E-state index contributed by atoms with van der Waals surface area (Å²) in [5.41, 5.74) is -1.13. The van der Waals surface area contributed by atoms with Crippen LogP contribution in [0, 0.1) is 0 Å². The second-order valence-electron chi connectivity index (χ2n) is 9.35. The number of hydrogen-bond acceptors (Lipinski definition) is 5. The summed E-state index contributed by atoms with van der Waals surface area (Å²) in [4.78, 5) is 33.8. The number of hydrogen-bond donors (Lipinski definition) is 0. The van der Waals surface area contributed by atoms with Crippen LogP contribution < -0.4 is 0 Å². The minimum absolute atomic E-state index is 0.0336. The Balaban J connectivity index is 1.56. The van der Waals surface area contributed by atoms with E-state index < -0.39 is 17.4 Å². The van der Waals surface area contributed by atoms with E-state index in [9.17, 15) is 22.8 Å². The Bertz CT molecular complexity index is 1040. The molecule has 1 aliphatic carbocycles. The van der Waals surface area contributed by atoms with Crippen molar-refractivity contribution in [3.8, 4) is 0 Å². The van der Waals surface area contributed by atoms with E-state index in [1.165, 1.54) is 12.1 Å². The number of aliphatic imine (C=N–C) groups is 1. The van der Waals surface area contributed by atoms with Crippen LogP contribution in [0.15, 0.2) is 52.1 Å². The molecule has 0 radical (unpaired) electrons. The minimum Gasteiger partial charge on any atom is -0.467 e. The Morgan fingerprint density at radius 3 is 2.49 bits per heavy atom. The van der Waals surface area contributed by atoms with Gasteiger partial charge in [-0.2, -0.15) is 13.2 Å². The van der Waals surface area contributed by atoms with Crippen molar-refractivity contribution < 1.29 is 27.2 Å². The van der Waals surface area contributed by atoms with Crippen LogP contribution in [0.4, 0.5) is 13.2 Å². The SMILES string of the molecule is CN(CC(=O)N1CCCC1c1ccco1)C1(/N=C(\C=O)c2ccc(C(F)(F)F)cc2)CCCCC1. The monoisotopic (exact) mass is 489 g/mol. The molecule has 1 saturated carbocycles. The van der Waals surface area contributed by atoms with E-state index in [1.54, 1.807) is 6.26 Å². The minimum atomic E-state index is -4.45. The summed E-state index contributed by atoms with van der Waals surface area (Å²) >= 11 is 0. The molecule has 9 heteroatoms. The molecule has 1 saturated heterocycles. The molecule has 1 amide bonds. The van der Waals surface area contributed by atoms with Crippen molar-refractivity contribution in [2.75, 3.05) is 20.1 Å². The van der Waals surface area contributed by atoms with Crippen molar-refractivity contribution in [3.05, 3.63) is 59.5 Å². The molecule has 2 fully saturated rings. The van der Waals surface area contributed by atoms with Gasteiger partial charge in [0.05, 0.1) is 24.4 Å². The third-order valence-electron chi connectivity index (χ3n) is 7.13. The molecule has 4 rings (SSSR count). The number of likely N-dealkylation sites (tertiary alicyclic amines) is 1. The van der Waals surface area contributed by atoms with Gasteiger partial charge in [0.1, 0.15) is 17.1 Å². The lowest BCUT2D eigenvalue weighted by Crippen LogP contribution is -2.51. The van der Waals surface area contributed by atoms with Gasteiger partial charge in [-0.05, 0) is 69.8 Å². The number of aldehydes is 1. The van der Waals surface area contributed by atoms with E-state index in [2.05, 4.69) is 0 Å². The molecule has 35 heavy (non-hydrogen) atoms.